The van der Waals surface area contributed by atoms with E-state index in [9.17, 15) is 14.1 Å². The summed E-state index contributed by atoms with van der Waals surface area (Å²) in [6.07, 6.45) is 2.34. The van der Waals surface area contributed by atoms with Gasteiger partial charge in [0, 0.05) is 23.7 Å². The van der Waals surface area contributed by atoms with Crippen molar-refractivity contribution in [3.8, 4) is 11.8 Å². The molecule has 8 heteroatoms. The maximum Gasteiger partial charge on any atom is 0.271 e. The molecular weight excluding hydrogens is 368 g/mol. The number of hydroxylamine groups is 1. The fourth-order valence-corrected chi connectivity index (χ4v) is 3.01. The second-order valence-electron chi connectivity index (χ2n) is 7.07. The van der Waals surface area contributed by atoms with Crippen LogP contribution in [-0.2, 0) is 16.0 Å². The molecule has 0 radical (unpaired) electrons. The quantitative estimate of drug-likeness (QED) is 0.242. The van der Waals surface area contributed by atoms with Gasteiger partial charge in [0.15, 0.2) is 6.04 Å². The van der Waals surface area contributed by atoms with Gasteiger partial charge in [-0.15, -0.1) is 0 Å². The molecule has 2 rings (SSSR count). The van der Waals surface area contributed by atoms with E-state index in [1.165, 1.54) is 11.7 Å². The molecule has 4 atom stereocenters. The second-order valence-corrected chi connectivity index (χ2v) is 9.03. The number of carbonyl (C=O) groups excluding carboxylic acids is 2. The summed E-state index contributed by atoms with van der Waals surface area (Å²) in [5.41, 5.74) is 2.57. The summed E-state index contributed by atoms with van der Waals surface area (Å²) in [5, 5.41) is 20.5. The summed E-state index contributed by atoms with van der Waals surface area (Å²) in [6, 6.07) is 5.38. The minimum atomic E-state index is -1.43. The van der Waals surface area contributed by atoms with Crippen LogP contribution in [0.1, 0.15) is 36.2 Å². The maximum absolute atomic E-state index is 12.5. The first-order chi connectivity index (χ1) is 12.7. The summed E-state index contributed by atoms with van der Waals surface area (Å²) >= 11 is -1.43. The number of hydrogen-bond acceptors (Lipinski definition) is 5. The molecule has 2 amide bonds. The van der Waals surface area contributed by atoms with Crippen LogP contribution < -0.4 is 10.8 Å². The van der Waals surface area contributed by atoms with Gasteiger partial charge >= 0.3 is 0 Å². The topological polar surface area (TPSA) is 122 Å². The first-order valence-corrected chi connectivity index (χ1v) is 10.1. The van der Waals surface area contributed by atoms with E-state index >= 15 is 0 Å². The van der Waals surface area contributed by atoms with Crippen molar-refractivity contribution >= 4 is 23.0 Å². The molecule has 0 saturated heterocycles. The number of carbonyl (C=O) groups is 2. The Kier molecular flexibility index (Phi) is 6.89. The monoisotopic (exact) mass is 392 g/mol. The van der Waals surface area contributed by atoms with Crippen molar-refractivity contribution in [1.29, 1.82) is 0 Å². The third kappa shape index (κ3) is 5.23. The SMILES string of the molecule is C[S+]([O-])C(C)(C)[C@H](NC(=O)c1ccc(C#CC2C[C@@H]2CO)cc1)C(=O)NO. The van der Waals surface area contributed by atoms with Crippen LogP contribution in [0, 0.1) is 23.7 Å². The van der Waals surface area contributed by atoms with Crippen molar-refractivity contribution in [3.63, 3.8) is 0 Å². The molecule has 1 saturated carbocycles. The molecule has 0 spiro atoms. The van der Waals surface area contributed by atoms with E-state index in [0.29, 0.717) is 5.56 Å². The van der Waals surface area contributed by atoms with Crippen LogP contribution in [-0.4, -0.2) is 50.3 Å². The van der Waals surface area contributed by atoms with E-state index in [4.69, 9.17) is 10.3 Å². The van der Waals surface area contributed by atoms with E-state index in [1.807, 2.05) is 0 Å². The molecule has 146 valence electrons. The van der Waals surface area contributed by atoms with E-state index in [-0.39, 0.29) is 18.4 Å². The second kappa shape index (κ2) is 8.76. The highest BCUT2D eigenvalue weighted by molar-refractivity contribution is 7.92. The van der Waals surface area contributed by atoms with Gasteiger partial charge in [-0.3, -0.25) is 14.8 Å². The number of rotatable bonds is 6. The molecule has 0 aromatic heterocycles. The van der Waals surface area contributed by atoms with Crippen LogP contribution in [0.2, 0.25) is 0 Å². The zero-order valence-electron chi connectivity index (χ0n) is 15.5. The Hall–Kier alpha value is -2.05. The summed E-state index contributed by atoms with van der Waals surface area (Å²) < 4.78 is 10.9. The smallest absolute Gasteiger partial charge is 0.271 e. The number of aliphatic hydroxyl groups is 1. The molecule has 0 bridgehead atoms. The van der Waals surface area contributed by atoms with Gasteiger partial charge in [0.25, 0.3) is 11.8 Å². The molecule has 27 heavy (non-hydrogen) atoms. The van der Waals surface area contributed by atoms with Crippen LogP contribution in [0.5, 0.6) is 0 Å². The number of aliphatic hydroxyl groups excluding tert-OH is 1. The highest BCUT2D eigenvalue weighted by Crippen LogP contribution is 2.37. The Balaban J connectivity index is 2.08. The van der Waals surface area contributed by atoms with E-state index in [1.54, 1.807) is 38.1 Å². The predicted molar refractivity (Wildman–Crippen MR) is 101 cm³/mol. The molecule has 4 N–H and O–H groups in total. The van der Waals surface area contributed by atoms with Gasteiger partial charge in [0.1, 0.15) is 4.75 Å². The standard InChI is InChI=1S/C19H24N2O5S/c1-19(2,27(3)26)16(18(24)21-25)20-17(23)13-7-4-12(5-8-13)6-9-14-10-15(14)11-22/h4-5,7-8,14-16,22,25H,10-11H2,1-3H3,(H,20,23)(H,21,24)/t14?,15-,16-,27?/m1/s1. The van der Waals surface area contributed by atoms with Crippen molar-refractivity contribution in [1.82, 2.24) is 10.8 Å². The van der Waals surface area contributed by atoms with Crippen molar-refractivity contribution in [2.24, 2.45) is 11.8 Å². The Morgan fingerprint density at radius 1 is 1.37 bits per heavy atom. The van der Waals surface area contributed by atoms with Crippen molar-refractivity contribution in [2.45, 2.75) is 31.1 Å². The van der Waals surface area contributed by atoms with Crippen LogP contribution in [0.15, 0.2) is 24.3 Å². The lowest BCUT2D eigenvalue weighted by molar-refractivity contribution is -0.131. The van der Waals surface area contributed by atoms with Gasteiger partial charge in [-0.2, -0.15) is 0 Å². The number of benzene rings is 1. The van der Waals surface area contributed by atoms with Crippen molar-refractivity contribution in [2.75, 3.05) is 12.9 Å². The van der Waals surface area contributed by atoms with E-state index < -0.39 is 33.8 Å². The third-order valence-corrected chi connectivity index (χ3v) is 6.51. The number of hydrogen-bond donors (Lipinski definition) is 4. The van der Waals surface area contributed by atoms with Crippen molar-refractivity contribution < 1.29 is 24.5 Å². The Morgan fingerprint density at radius 3 is 2.48 bits per heavy atom. The normalized spacial score (nSPS) is 20.7. The average molecular weight is 392 g/mol. The molecule has 0 heterocycles. The lowest BCUT2D eigenvalue weighted by atomic mass is 10.0. The fraction of sp³-hybridized carbons (Fsp3) is 0.474. The zero-order valence-corrected chi connectivity index (χ0v) is 16.3. The first-order valence-electron chi connectivity index (χ1n) is 8.51. The van der Waals surface area contributed by atoms with Crippen LogP contribution >= 0.6 is 0 Å². The Labute approximate surface area is 161 Å². The first kappa shape index (κ1) is 21.3. The van der Waals surface area contributed by atoms with E-state index in [2.05, 4.69) is 17.2 Å². The molecule has 1 aliphatic rings. The third-order valence-electron chi connectivity index (χ3n) is 4.79. The molecule has 2 unspecified atom stereocenters. The number of nitrogens with one attached hydrogen (secondary N) is 2. The molecule has 1 aromatic carbocycles. The molecule has 1 fully saturated rings. The van der Waals surface area contributed by atoms with E-state index in [0.717, 1.165) is 12.0 Å². The lowest BCUT2D eigenvalue weighted by Gasteiger charge is -2.33. The van der Waals surface area contributed by atoms with Gasteiger partial charge in [-0.05, 0) is 61.6 Å². The predicted octanol–water partition coefficient (Wildman–Crippen LogP) is 0.427. The highest BCUT2D eigenvalue weighted by Gasteiger charge is 2.44. The Bertz CT molecular complexity index is 752. The van der Waals surface area contributed by atoms with Crippen LogP contribution in [0.4, 0.5) is 0 Å². The molecule has 0 aliphatic heterocycles. The maximum atomic E-state index is 12.5. The summed E-state index contributed by atoms with van der Waals surface area (Å²) in [4.78, 5) is 24.4. The summed E-state index contributed by atoms with van der Waals surface area (Å²) in [6.45, 7) is 3.29. The van der Waals surface area contributed by atoms with Gasteiger partial charge in [0.05, 0.1) is 6.26 Å². The molecule has 1 aromatic rings. The summed E-state index contributed by atoms with van der Waals surface area (Å²) in [5.74, 6) is 5.23. The fourth-order valence-electron chi connectivity index (χ4n) is 2.51. The minimum absolute atomic E-state index is 0.153. The molecule has 7 nitrogen and oxygen atoms in total. The molecular formula is C19H24N2O5S. The largest absolute Gasteiger partial charge is 0.616 e. The van der Waals surface area contributed by atoms with Crippen LogP contribution in [0.3, 0.4) is 0 Å². The van der Waals surface area contributed by atoms with Crippen LogP contribution in [0.25, 0.3) is 0 Å². The molecule has 1 aliphatic carbocycles. The average Bonchev–Trinajstić information content (AvgIpc) is 3.42. The van der Waals surface area contributed by atoms with Gasteiger partial charge < -0.3 is 15.0 Å². The highest BCUT2D eigenvalue weighted by atomic mass is 32.2. The summed E-state index contributed by atoms with van der Waals surface area (Å²) in [7, 11) is 0. The Morgan fingerprint density at radius 2 is 2.00 bits per heavy atom. The number of amides is 2. The lowest BCUT2D eigenvalue weighted by Crippen LogP contribution is -2.60. The van der Waals surface area contributed by atoms with Gasteiger partial charge in [-0.25, -0.2) is 5.48 Å². The zero-order chi connectivity index (χ0) is 20.2. The van der Waals surface area contributed by atoms with Gasteiger partial charge in [-0.1, -0.05) is 11.8 Å². The minimum Gasteiger partial charge on any atom is -0.616 e. The van der Waals surface area contributed by atoms with Crippen molar-refractivity contribution in [3.05, 3.63) is 35.4 Å². The van der Waals surface area contributed by atoms with Gasteiger partial charge in [0.2, 0.25) is 0 Å².